The number of aromatic nitrogens is 2. The van der Waals surface area contributed by atoms with E-state index < -0.39 is 0 Å². The fourth-order valence-electron chi connectivity index (χ4n) is 1.52. The van der Waals surface area contributed by atoms with Crippen molar-refractivity contribution in [2.24, 2.45) is 0 Å². The van der Waals surface area contributed by atoms with Crippen LogP contribution in [0.3, 0.4) is 0 Å². The van der Waals surface area contributed by atoms with Gasteiger partial charge in [-0.1, -0.05) is 6.07 Å². The molecule has 0 amide bonds. The lowest BCUT2D eigenvalue weighted by Gasteiger charge is -2.02. The number of aromatic amines is 1. The van der Waals surface area contributed by atoms with Gasteiger partial charge in [0.15, 0.2) is 0 Å². The Bertz CT molecular complexity index is 547. The van der Waals surface area contributed by atoms with Crippen LogP contribution in [-0.4, -0.2) is 17.0 Å². The molecule has 78 valence electrons. The Morgan fingerprint density at radius 2 is 2.33 bits per heavy atom. The predicted molar refractivity (Wildman–Crippen MR) is 59.5 cm³/mol. The maximum absolute atomic E-state index is 11.6. The number of rotatable bonds is 2. The van der Waals surface area contributed by atoms with E-state index in [0.29, 0.717) is 10.9 Å². The molecule has 0 saturated carbocycles. The van der Waals surface area contributed by atoms with Crippen LogP contribution in [0.15, 0.2) is 23.0 Å². The van der Waals surface area contributed by atoms with Gasteiger partial charge in [-0.2, -0.15) is 0 Å². The maximum atomic E-state index is 11.6. The molecule has 1 aromatic heterocycles. The third-order valence-corrected chi connectivity index (χ3v) is 2.17. The second kappa shape index (κ2) is 3.70. The molecule has 0 saturated heterocycles. The van der Waals surface area contributed by atoms with Crippen molar-refractivity contribution in [1.82, 2.24) is 15.3 Å². The van der Waals surface area contributed by atoms with Crippen molar-refractivity contribution in [3.8, 4) is 0 Å². The molecule has 0 spiro atoms. The van der Waals surface area contributed by atoms with Crippen LogP contribution < -0.4 is 16.6 Å². The summed E-state index contributed by atoms with van der Waals surface area (Å²) in [5.41, 5.74) is 6.91. The fourth-order valence-corrected chi connectivity index (χ4v) is 1.52. The van der Waals surface area contributed by atoms with Crippen LogP contribution in [0.2, 0.25) is 0 Å². The highest BCUT2D eigenvalue weighted by molar-refractivity contribution is 5.79. The van der Waals surface area contributed by atoms with Crippen molar-refractivity contribution < 1.29 is 0 Å². The van der Waals surface area contributed by atoms with Gasteiger partial charge < -0.3 is 11.1 Å². The first-order valence-electron chi connectivity index (χ1n) is 4.64. The smallest absolute Gasteiger partial charge is 0.260 e. The van der Waals surface area contributed by atoms with E-state index in [-0.39, 0.29) is 11.5 Å². The van der Waals surface area contributed by atoms with Crippen molar-refractivity contribution in [1.29, 1.82) is 0 Å². The minimum absolute atomic E-state index is 0.147. The summed E-state index contributed by atoms with van der Waals surface area (Å²) in [6.45, 7) is 0.722. The standard InChI is InChI=1S/C10H12N4O/c1-12-5-6-2-3-8-7(4-6)9(15)14-10(11)13-8/h2-4,12H,5H2,1H3,(H3,11,13,14,15). The van der Waals surface area contributed by atoms with Gasteiger partial charge in [-0.05, 0) is 24.7 Å². The summed E-state index contributed by atoms with van der Waals surface area (Å²) >= 11 is 0. The molecule has 2 aromatic rings. The Labute approximate surface area is 86.3 Å². The molecule has 1 aromatic carbocycles. The zero-order valence-electron chi connectivity index (χ0n) is 8.37. The van der Waals surface area contributed by atoms with Gasteiger partial charge in [-0.25, -0.2) is 4.98 Å². The molecule has 0 bridgehead atoms. The van der Waals surface area contributed by atoms with Gasteiger partial charge in [0.2, 0.25) is 5.95 Å². The van der Waals surface area contributed by atoms with E-state index in [1.807, 2.05) is 19.2 Å². The number of hydrogen-bond donors (Lipinski definition) is 3. The summed E-state index contributed by atoms with van der Waals surface area (Å²) in [6, 6.07) is 5.54. The third-order valence-electron chi connectivity index (χ3n) is 2.17. The quantitative estimate of drug-likeness (QED) is 0.653. The summed E-state index contributed by atoms with van der Waals surface area (Å²) in [6.07, 6.45) is 0. The van der Waals surface area contributed by atoms with Crippen molar-refractivity contribution >= 4 is 16.9 Å². The zero-order valence-corrected chi connectivity index (χ0v) is 8.37. The van der Waals surface area contributed by atoms with Crippen LogP contribution in [0.1, 0.15) is 5.56 Å². The van der Waals surface area contributed by atoms with Crippen LogP contribution in [-0.2, 0) is 6.54 Å². The van der Waals surface area contributed by atoms with Crippen LogP contribution in [0.4, 0.5) is 5.95 Å². The molecule has 1 heterocycles. The first-order valence-corrected chi connectivity index (χ1v) is 4.64. The first-order chi connectivity index (χ1) is 7.20. The molecule has 5 heteroatoms. The van der Waals surface area contributed by atoms with E-state index in [9.17, 15) is 4.79 Å². The SMILES string of the molecule is CNCc1ccc2nc(N)[nH]c(=O)c2c1. The Kier molecular flexibility index (Phi) is 2.39. The van der Waals surface area contributed by atoms with Crippen molar-refractivity contribution in [2.75, 3.05) is 12.8 Å². The molecule has 0 unspecified atom stereocenters. The molecule has 15 heavy (non-hydrogen) atoms. The van der Waals surface area contributed by atoms with E-state index in [1.165, 1.54) is 0 Å². The molecule has 0 aliphatic rings. The summed E-state index contributed by atoms with van der Waals surface area (Å²) in [5, 5.41) is 3.59. The Morgan fingerprint density at radius 3 is 3.07 bits per heavy atom. The van der Waals surface area contributed by atoms with Crippen LogP contribution in [0.25, 0.3) is 10.9 Å². The van der Waals surface area contributed by atoms with Gasteiger partial charge in [0.1, 0.15) is 0 Å². The first kappa shape index (κ1) is 9.67. The van der Waals surface area contributed by atoms with E-state index >= 15 is 0 Å². The molecular formula is C10H12N4O. The molecule has 0 radical (unpaired) electrons. The Hall–Kier alpha value is -1.88. The summed E-state index contributed by atoms with van der Waals surface area (Å²) in [5.74, 6) is 0.147. The average molecular weight is 204 g/mol. The number of benzene rings is 1. The van der Waals surface area contributed by atoms with E-state index in [0.717, 1.165) is 12.1 Å². The largest absolute Gasteiger partial charge is 0.369 e. The number of nitrogens with one attached hydrogen (secondary N) is 2. The highest BCUT2D eigenvalue weighted by atomic mass is 16.1. The van der Waals surface area contributed by atoms with Crippen molar-refractivity contribution in [3.63, 3.8) is 0 Å². The van der Waals surface area contributed by atoms with Gasteiger partial charge in [-0.15, -0.1) is 0 Å². The maximum Gasteiger partial charge on any atom is 0.260 e. The number of hydrogen-bond acceptors (Lipinski definition) is 4. The molecule has 0 atom stereocenters. The predicted octanol–water partition coefficient (Wildman–Crippen LogP) is 0.225. The number of nitrogens with two attached hydrogens (primary N) is 1. The molecule has 2 rings (SSSR count). The summed E-state index contributed by atoms with van der Waals surface area (Å²) in [4.78, 5) is 18.1. The summed E-state index contributed by atoms with van der Waals surface area (Å²) in [7, 11) is 1.86. The lowest BCUT2D eigenvalue weighted by molar-refractivity contribution is 0.819. The normalized spacial score (nSPS) is 10.7. The van der Waals surface area contributed by atoms with Crippen molar-refractivity contribution in [3.05, 3.63) is 34.1 Å². The zero-order chi connectivity index (χ0) is 10.8. The topological polar surface area (TPSA) is 83.8 Å². The van der Waals surface area contributed by atoms with E-state index in [2.05, 4.69) is 15.3 Å². The van der Waals surface area contributed by atoms with Crippen LogP contribution in [0, 0.1) is 0 Å². The third kappa shape index (κ3) is 1.82. The average Bonchev–Trinajstić information content (AvgIpc) is 2.19. The number of nitrogens with zero attached hydrogens (tertiary/aromatic N) is 1. The van der Waals surface area contributed by atoms with Gasteiger partial charge in [0.05, 0.1) is 10.9 Å². The lowest BCUT2D eigenvalue weighted by atomic mass is 10.1. The summed E-state index contributed by atoms with van der Waals surface area (Å²) < 4.78 is 0. The van der Waals surface area contributed by atoms with Crippen molar-refractivity contribution in [2.45, 2.75) is 6.54 Å². The highest BCUT2D eigenvalue weighted by Gasteiger charge is 2.02. The van der Waals surface area contributed by atoms with Gasteiger partial charge in [0, 0.05) is 6.54 Å². The molecule has 0 aliphatic heterocycles. The van der Waals surface area contributed by atoms with Gasteiger partial charge >= 0.3 is 0 Å². The molecule has 0 aliphatic carbocycles. The van der Waals surface area contributed by atoms with E-state index in [4.69, 9.17) is 5.73 Å². The lowest BCUT2D eigenvalue weighted by Crippen LogP contribution is -2.12. The minimum Gasteiger partial charge on any atom is -0.369 e. The van der Waals surface area contributed by atoms with Gasteiger partial charge in [-0.3, -0.25) is 9.78 Å². The van der Waals surface area contributed by atoms with Gasteiger partial charge in [0.25, 0.3) is 5.56 Å². The highest BCUT2D eigenvalue weighted by Crippen LogP contribution is 2.10. The molecule has 0 fully saturated rings. The monoisotopic (exact) mass is 204 g/mol. The molecule has 5 nitrogen and oxygen atoms in total. The number of H-pyrrole nitrogens is 1. The molecular weight excluding hydrogens is 192 g/mol. The van der Waals surface area contributed by atoms with Crippen LogP contribution >= 0.6 is 0 Å². The number of anilines is 1. The minimum atomic E-state index is -0.199. The Balaban J connectivity index is 2.66. The number of nitrogen functional groups attached to an aromatic ring is 1. The molecule has 4 N–H and O–H groups in total. The second-order valence-electron chi connectivity index (χ2n) is 3.33. The number of fused-ring (bicyclic) bond motifs is 1. The Morgan fingerprint density at radius 1 is 1.53 bits per heavy atom. The second-order valence-corrected chi connectivity index (χ2v) is 3.33. The van der Waals surface area contributed by atoms with Crippen LogP contribution in [0.5, 0.6) is 0 Å². The van der Waals surface area contributed by atoms with E-state index in [1.54, 1.807) is 6.07 Å². The fraction of sp³-hybridized carbons (Fsp3) is 0.200.